The molecule has 0 saturated carbocycles. The number of benzene rings is 6. The second-order valence-corrected chi connectivity index (χ2v) is 49.4. The number of hydrogen-bond acceptors (Lipinski definition) is 0. The van der Waals surface area contributed by atoms with Gasteiger partial charge in [0.05, 0.1) is 0 Å². The van der Waals surface area contributed by atoms with Gasteiger partial charge in [-0.1, -0.05) is 0 Å². The van der Waals surface area contributed by atoms with Crippen molar-refractivity contribution >= 4 is 19.0 Å². The van der Waals surface area contributed by atoms with E-state index in [-0.39, 0.29) is 10.8 Å². The van der Waals surface area contributed by atoms with E-state index in [1.54, 1.807) is 22.3 Å². The Morgan fingerprint density at radius 3 is 0.926 bits per heavy atom. The van der Waals surface area contributed by atoms with E-state index in [9.17, 15) is 0 Å². The third kappa shape index (κ3) is 6.24. The first-order chi connectivity index (χ1) is 25.6. The average Bonchev–Trinajstić information content (AvgIpc) is 3.79. The third-order valence-electron chi connectivity index (χ3n) is 12.3. The Hall–Kier alpha value is -4.10. The van der Waals surface area contributed by atoms with Crippen LogP contribution in [0.25, 0.3) is 56.7 Å². The van der Waals surface area contributed by atoms with E-state index in [0.29, 0.717) is 7.25 Å². The molecule has 54 heavy (non-hydrogen) atoms. The van der Waals surface area contributed by atoms with Gasteiger partial charge in [-0.2, -0.15) is 0 Å². The Kier molecular flexibility index (Phi) is 9.07. The van der Waals surface area contributed by atoms with Gasteiger partial charge in [0.2, 0.25) is 0 Å². The van der Waals surface area contributed by atoms with Gasteiger partial charge in [-0.3, -0.25) is 0 Å². The first-order valence-electron chi connectivity index (χ1n) is 19.7. The Labute approximate surface area is 326 Å². The SMILES string of the molecule is CC(C)(C)C1=Cc2c(-c3ccccc3)ccc(-c3ccccc3)c2[CH]1[Zr]([CH3])([CH3])(=[SiH2])[CH]1C(C(C)(C)C)=Cc2c(-c3ccccc3)ccc(-c3ccccc3)c21. The standard InChI is InChI=1S/2C25H23.2CH3.H2Si.Zr/c2*1-25(2,3)20-16-23-21(18-10-6-4-7-11-18)14-15-22(24(23)17-20)19-12-8-5-9-13-19;;;;/h2*4-17H,1-3H3;2*1H3;1H2;. The van der Waals surface area contributed by atoms with Crippen molar-refractivity contribution in [3.05, 3.63) is 179 Å². The summed E-state index contributed by atoms with van der Waals surface area (Å²) in [5.74, 6) is 0. The zero-order chi connectivity index (χ0) is 38.1. The fourth-order valence-electron chi connectivity index (χ4n) is 9.91. The summed E-state index contributed by atoms with van der Waals surface area (Å²) in [6.45, 7) is 17.2. The quantitative estimate of drug-likeness (QED) is 0.147. The monoisotopic (exact) mass is 796 g/mol. The molecular weight excluding hydrogens is 744 g/mol. The molecule has 0 heterocycles. The minimum absolute atomic E-state index is 0.0195. The van der Waals surface area contributed by atoms with Crippen LogP contribution in [0.3, 0.4) is 0 Å². The van der Waals surface area contributed by atoms with Crippen molar-refractivity contribution in [3.8, 4) is 44.5 Å². The Morgan fingerprint density at radius 2 is 0.648 bits per heavy atom. The second-order valence-electron chi connectivity index (χ2n) is 18.9. The fraction of sp³-hybridized carbons (Fsp3) is 0.231. The van der Waals surface area contributed by atoms with Crippen molar-refractivity contribution in [2.75, 3.05) is 0 Å². The van der Waals surface area contributed by atoms with Crippen LogP contribution >= 0.6 is 0 Å². The number of allylic oxidation sites excluding steroid dienone is 2. The molecule has 6 aromatic rings. The molecule has 0 spiro atoms. The average molecular weight is 798 g/mol. The Balaban J connectivity index is 1.48. The summed E-state index contributed by atoms with van der Waals surface area (Å²) >= 11 is -4.23. The van der Waals surface area contributed by atoms with Gasteiger partial charge in [-0.05, 0) is 0 Å². The van der Waals surface area contributed by atoms with Crippen LogP contribution in [-0.2, 0) is 17.4 Å². The molecule has 2 unspecified atom stereocenters. The van der Waals surface area contributed by atoms with Gasteiger partial charge in [-0.15, -0.1) is 0 Å². The van der Waals surface area contributed by atoms with Crippen LogP contribution in [-0.4, -0.2) is 6.88 Å². The van der Waals surface area contributed by atoms with Crippen LogP contribution in [0.2, 0.25) is 9.26 Å². The summed E-state index contributed by atoms with van der Waals surface area (Å²) in [5.41, 5.74) is 19.8. The minimum atomic E-state index is -4.23. The molecule has 0 fully saturated rings. The van der Waals surface area contributed by atoms with Gasteiger partial charge in [0.15, 0.2) is 0 Å². The van der Waals surface area contributed by atoms with Gasteiger partial charge in [0, 0.05) is 0 Å². The van der Waals surface area contributed by atoms with E-state index in [1.165, 1.54) is 55.6 Å². The van der Waals surface area contributed by atoms with E-state index in [4.69, 9.17) is 0 Å². The summed E-state index contributed by atoms with van der Waals surface area (Å²) in [4.78, 5) is 0. The summed E-state index contributed by atoms with van der Waals surface area (Å²) in [7, 11) is 0. The van der Waals surface area contributed by atoms with Crippen molar-refractivity contribution in [3.63, 3.8) is 0 Å². The van der Waals surface area contributed by atoms with Crippen molar-refractivity contribution < 1.29 is 17.4 Å². The predicted molar refractivity (Wildman–Crippen MR) is 235 cm³/mol. The molecule has 8 rings (SSSR count). The molecular formula is C52H54SiZr. The van der Waals surface area contributed by atoms with Gasteiger partial charge >= 0.3 is 329 Å². The van der Waals surface area contributed by atoms with Crippen molar-refractivity contribution in [2.24, 2.45) is 10.8 Å². The van der Waals surface area contributed by atoms with E-state index < -0.39 is 17.4 Å². The molecule has 0 aliphatic heterocycles. The van der Waals surface area contributed by atoms with Gasteiger partial charge in [0.1, 0.15) is 0 Å². The van der Waals surface area contributed by atoms with Crippen molar-refractivity contribution in [1.29, 1.82) is 0 Å². The van der Waals surface area contributed by atoms with Gasteiger partial charge in [0.25, 0.3) is 0 Å². The molecule has 0 N–H and O–H groups in total. The molecule has 0 aromatic heterocycles. The zero-order valence-corrected chi connectivity index (χ0v) is 37.2. The normalized spacial score (nSPS) is 17.1. The van der Waals surface area contributed by atoms with E-state index in [2.05, 4.69) is 215 Å². The summed E-state index contributed by atoms with van der Waals surface area (Å²) < 4.78 is 6.33. The first kappa shape index (κ1) is 36.9. The van der Waals surface area contributed by atoms with Crippen LogP contribution in [0.15, 0.2) is 157 Å². The maximum atomic E-state index is 2.83. The van der Waals surface area contributed by atoms with Crippen LogP contribution in [0, 0.1) is 10.8 Å². The molecule has 2 atom stereocenters. The van der Waals surface area contributed by atoms with Crippen molar-refractivity contribution in [1.82, 2.24) is 0 Å². The molecule has 0 nitrogen and oxygen atoms in total. The summed E-state index contributed by atoms with van der Waals surface area (Å²) in [5, 5.41) is 0. The van der Waals surface area contributed by atoms with Crippen LogP contribution in [0.5, 0.6) is 0 Å². The topological polar surface area (TPSA) is 0 Å². The molecule has 2 heteroatoms. The number of rotatable bonds is 6. The van der Waals surface area contributed by atoms with Crippen LogP contribution in [0.1, 0.15) is 71.0 Å². The van der Waals surface area contributed by atoms with Gasteiger partial charge in [-0.25, -0.2) is 0 Å². The first-order valence-corrected chi connectivity index (χ1v) is 33.4. The molecule has 6 aromatic carbocycles. The molecule has 0 amide bonds. The molecule has 270 valence electrons. The Morgan fingerprint density at radius 1 is 0.389 bits per heavy atom. The molecule has 2 aliphatic carbocycles. The van der Waals surface area contributed by atoms with E-state index in [0.717, 1.165) is 0 Å². The van der Waals surface area contributed by atoms with Crippen LogP contribution < -0.4 is 0 Å². The summed E-state index contributed by atoms with van der Waals surface area (Å²) in [6.07, 6.45) is 5.30. The second kappa shape index (κ2) is 13.3. The number of hydrogen-bond donors (Lipinski definition) is 0. The number of fused-ring (bicyclic) bond motifs is 2. The van der Waals surface area contributed by atoms with E-state index >= 15 is 0 Å². The fourth-order valence-corrected chi connectivity index (χ4v) is 29.5. The molecule has 0 radical (unpaired) electrons. The van der Waals surface area contributed by atoms with Crippen molar-refractivity contribution in [2.45, 2.75) is 58.1 Å². The maximum absolute atomic E-state index is 4.23. The molecule has 0 saturated heterocycles. The van der Waals surface area contributed by atoms with E-state index in [1.807, 2.05) is 0 Å². The predicted octanol–water partition coefficient (Wildman–Crippen LogP) is 14.4. The van der Waals surface area contributed by atoms with Crippen LogP contribution in [0.4, 0.5) is 0 Å². The summed E-state index contributed by atoms with van der Waals surface area (Å²) in [6, 6.07) is 54.3. The van der Waals surface area contributed by atoms with Gasteiger partial charge < -0.3 is 0 Å². The molecule has 0 bridgehead atoms. The zero-order valence-electron chi connectivity index (χ0n) is 33.4. The molecule has 2 aliphatic rings. The Bertz CT molecular complexity index is 2330. The third-order valence-corrected chi connectivity index (χ3v) is 29.4.